The van der Waals surface area contributed by atoms with Crippen LogP contribution < -0.4 is 0 Å². The van der Waals surface area contributed by atoms with Crippen LogP contribution in [0.1, 0.15) is 0 Å². The van der Waals surface area contributed by atoms with Crippen LogP contribution in [0, 0.1) is 3.57 Å². The number of rotatable bonds is 1. The Hall–Kier alpha value is -0.560. The lowest BCUT2D eigenvalue weighted by molar-refractivity contribution is 1.08. The van der Waals surface area contributed by atoms with E-state index in [-0.39, 0.29) is 0 Å². The maximum Gasteiger partial charge on any atom is 0.167 e. The van der Waals surface area contributed by atoms with Crippen LogP contribution in [0.4, 0.5) is 0 Å². The SMILES string of the molecule is Ic1cccnc1-c1nncs1. The number of hydrogen-bond acceptors (Lipinski definition) is 4. The van der Waals surface area contributed by atoms with Crippen LogP contribution in [0.3, 0.4) is 0 Å². The average molecular weight is 289 g/mol. The van der Waals surface area contributed by atoms with E-state index in [4.69, 9.17) is 0 Å². The van der Waals surface area contributed by atoms with Crippen molar-refractivity contribution in [1.29, 1.82) is 0 Å². The van der Waals surface area contributed by atoms with E-state index in [1.807, 2.05) is 12.1 Å². The van der Waals surface area contributed by atoms with Crippen LogP contribution in [0.15, 0.2) is 23.8 Å². The van der Waals surface area contributed by atoms with Gasteiger partial charge in [0.05, 0.1) is 0 Å². The lowest BCUT2D eigenvalue weighted by Gasteiger charge is -1.95. The summed E-state index contributed by atoms with van der Waals surface area (Å²) in [6, 6.07) is 3.91. The molecular weight excluding hydrogens is 285 g/mol. The molecule has 0 aliphatic carbocycles. The third kappa shape index (κ3) is 1.46. The Morgan fingerprint density at radius 3 is 3.00 bits per heavy atom. The van der Waals surface area contributed by atoms with Gasteiger partial charge in [0.2, 0.25) is 0 Å². The molecule has 0 aromatic carbocycles. The lowest BCUT2D eigenvalue weighted by Crippen LogP contribution is -1.85. The molecule has 2 aromatic rings. The first-order valence-corrected chi connectivity index (χ1v) is 5.21. The number of nitrogens with zero attached hydrogens (tertiary/aromatic N) is 3. The van der Waals surface area contributed by atoms with Gasteiger partial charge in [0.1, 0.15) is 11.2 Å². The Labute approximate surface area is 87.0 Å². The van der Waals surface area contributed by atoms with Crippen molar-refractivity contribution in [2.45, 2.75) is 0 Å². The number of hydrogen-bond donors (Lipinski definition) is 0. The van der Waals surface area contributed by atoms with Gasteiger partial charge in [-0.25, -0.2) is 0 Å². The molecule has 0 unspecified atom stereocenters. The molecule has 2 heterocycles. The Bertz CT molecular complexity index is 374. The van der Waals surface area contributed by atoms with Gasteiger partial charge in [0.15, 0.2) is 5.01 Å². The minimum atomic E-state index is 0.875. The first-order valence-electron chi connectivity index (χ1n) is 3.25. The molecule has 0 atom stereocenters. The van der Waals surface area contributed by atoms with Crippen LogP contribution in [0.5, 0.6) is 0 Å². The second kappa shape index (κ2) is 3.44. The van der Waals surface area contributed by atoms with E-state index in [1.54, 1.807) is 11.7 Å². The number of aromatic nitrogens is 3. The molecule has 0 saturated heterocycles. The molecule has 2 rings (SSSR count). The molecule has 0 bridgehead atoms. The Balaban J connectivity index is 2.55. The van der Waals surface area contributed by atoms with Crippen molar-refractivity contribution in [3.05, 3.63) is 27.4 Å². The molecule has 2 aromatic heterocycles. The molecule has 5 heteroatoms. The van der Waals surface area contributed by atoms with E-state index >= 15 is 0 Å². The molecule has 0 aliphatic heterocycles. The monoisotopic (exact) mass is 289 g/mol. The first kappa shape index (κ1) is 8.06. The van der Waals surface area contributed by atoms with Gasteiger partial charge in [-0.05, 0) is 34.7 Å². The first-order chi connectivity index (χ1) is 5.88. The van der Waals surface area contributed by atoms with Crippen molar-refractivity contribution in [1.82, 2.24) is 15.2 Å². The highest BCUT2D eigenvalue weighted by atomic mass is 127. The maximum atomic E-state index is 4.22. The van der Waals surface area contributed by atoms with Crippen LogP contribution in [-0.2, 0) is 0 Å². The maximum absolute atomic E-state index is 4.22. The van der Waals surface area contributed by atoms with Gasteiger partial charge in [-0.15, -0.1) is 10.2 Å². The van der Waals surface area contributed by atoms with Crippen LogP contribution in [0.25, 0.3) is 10.7 Å². The Kier molecular flexibility index (Phi) is 2.31. The van der Waals surface area contributed by atoms with Gasteiger partial charge >= 0.3 is 0 Å². The summed E-state index contributed by atoms with van der Waals surface area (Å²) < 4.78 is 1.10. The van der Waals surface area contributed by atoms with Crippen molar-refractivity contribution in [3.63, 3.8) is 0 Å². The van der Waals surface area contributed by atoms with E-state index in [9.17, 15) is 0 Å². The van der Waals surface area contributed by atoms with Crippen molar-refractivity contribution in [3.8, 4) is 10.7 Å². The second-order valence-corrected chi connectivity index (χ2v) is 4.07. The number of pyridine rings is 1. The molecule has 0 N–H and O–H groups in total. The minimum absolute atomic E-state index is 0.875. The van der Waals surface area contributed by atoms with Crippen molar-refractivity contribution >= 4 is 33.9 Å². The van der Waals surface area contributed by atoms with E-state index in [0.29, 0.717) is 0 Å². The Morgan fingerprint density at radius 2 is 2.33 bits per heavy atom. The van der Waals surface area contributed by atoms with E-state index in [1.165, 1.54) is 11.3 Å². The predicted octanol–water partition coefficient (Wildman–Crippen LogP) is 2.20. The smallest absolute Gasteiger partial charge is 0.167 e. The van der Waals surface area contributed by atoms with Crippen molar-refractivity contribution in [2.75, 3.05) is 0 Å². The number of halogens is 1. The molecular formula is C7H4IN3S. The quantitative estimate of drug-likeness (QED) is 0.755. The molecule has 0 amide bonds. The van der Waals surface area contributed by atoms with Gasteiger partial charge in [0, 0.05) is 9.77 Å². The summed E-state index contributed by atoms with van der Waals surface area (Å²) in [4.78, 5) is 4.22. The van der Waals surface area contributed by atoms with Crippen LogP contribution >= 0.6 is 33.9 Å². The van der Waals surface area contributed by atoms with Crippen molar-refractivity contribution in [2.24, 2.45) is 0 Å². The summed E-state index contributed by atoms with van der Waals surface area (Å²) in [6.07, 6.45) is 1.76. The lowest BCUT2D eigenvalue weighted by atomic mass is 10.4. The fourth-order valence-corrected chi connectivity index (χ4v) is 2.17. The Morgan fingerprint density at radius 1 is 1.42 bits per heavy atom. The molecule has 0 saturated carbocycles. The summed E-state index contributed by atoms with van der Waals surface area (Å²) in [5.41, 5.74) is 2.63. The highest BCUT2D eigenvalue weighted by Crippen LogP contribution is 2.22. The summed E-state index contributed by atoms with van der Waals surface area (Å²) in [6.45, 7) is 0. The summed E-state index contributed by atoms with van der Waals surface area (Å²) in [5, 5.41) is 8.59. The topological polar surface area (TPSA) is 38.7 Å². The average Bonchev–Trinajstić information content (AvgIpc) is 2.57. The normalized spacial score (nSPS) is 10.1. The highest BCUT2D eigenvalue weighted by Gasteiger charge is 2.05. The fourth-order valence-electron chi connectivity index (χ4n) is 0.819. The molecule has 0 aliphatic rings. The summed E-state index contributed by atoms with van der Waals surface area (Å²) >= 11 is 3.74. The van der Waals surface area contributed by atoms with Crippen LogP contribution in [-0.4, -0.2) is 15.2 Å². The zero-order chi connectivity index (χ0) is 8.39. The zero-order valence-corrected chi connectivity index (χ0v) is 8.91. The third-order valence-electron chi connectivity index (χ3n) is 1.32. The van der Waals surface area contributed by atoms with Crippen molar-refractivity contribution < 1.29 is 0 Å². The summed E-state index contributed by atoms with van der Waals surface area (Å²) in [7, 11) is 0. The van der Waals surface area contributed by atoms with Gasteiger partial charge in [-0.3, -0.25) is 4.98 Å². The third-order valence-corrected chi connectivity index (χ3v) is 2.89. The molecule has 0 fully saturated rings. The molecule has 60 valence electrons. The molecule has 3 nitrogen and oxygen atoms in total. The van der Waals surface area contributed by atoms with Crippen LogP contribution in [0.2, 0.25) is 0 Å². The van der Waals surface area contributed by atoms with Gasteiger partial charge < -0.3 is 0 Å². The molecule has 0 radical (unpaired) electrons. The standard InChI is InChI=1S/C7H4IN3S/c8-5-2-1-3-9-6(5)7-11-10-4-12-7/h1-4H. The van der Waals surface area contributed by atoms with Gasteiger partial charge in [-0.2, -0.15) is 0 Å². The summed E-state index contributed by atoms with van der Waals surface area (Å²) in [5.74, 6) is 0. The zero-order valence-electron chi connectivity index (χ0n) is 5.94. The van der Waals surface area contributed by atoms with Gasteiger partial charge in [-0.1, -0.05) is 11.3 Å². The molecule has 12 heavy (non-hydrogen) atoms. The fraction of sp³-hybridized carbons (Fsp3) is 0. The predicted molar refractivity (Wildman–Crippen MR) is 55.9 cm³/mol. The minimum Gasteiger partial charge on any atom is -0.253 e. The van der Waals surface area contributed by atoms with Gasteiger partial charge in [0.25, 0.3) is 0 Å². The largest absolute Gasteiger partial charge is 0.253 e. The van der Waals surface area contributed by atoms with E-state index in [2.05, 4.69) is 37.8 Å². The highest BCUT2D eigenvalue weighted by molar-refractivity contribution is 14.1. The van der Waals surface area contributed by atoms with E-state index < -0.39 is 0 Å². The van der Waals surface area contributed by atoms with E-state index in [0.717, 1.165) is 14.3 Å². The second-order valence-electron chi connectivity index (χ2n) is 2.08. The molecule has 0 spiro atoms.